The average Bonchev–Trinajstić information content (AvgIpc) is 3.20. The van der Waals surface area contributed by atoms with E-state index >= 15 is 0 Å². The minimum absolute atomic E-state index is 0.0280. The van der Waals surface area contributed by atoms with Gasteiger partial charge in [0.2, 0.25) is 5.91 Å². The second-order valence-corrected chi connectivity index (χ2v) is 8.80. The minimum atomic E-state index is -0.112. The van der Waals surface area contributed by atoms with Gasteiger partial charge >= 0.3 is 0 Å². The van der Waals surface area contributed by atoms with E-state index in [9.17, 15) is 9.59 Å². The molecule has 2 atom stereocenters. The SMILES string of the molecule is CCC(=O)N(c1ccccc1)C1CC(C)N(C(=O)c2ccsc2C)c2ccccc21. The molecule has 4 rings (SSSR count). The molecule has 0 saturated heterocycles. The van der Waals surface area contributed by atoms with Crippen molar-refractivity contribution in [1.29, 1.82) is 0 Å². The van der Waals surface area contributed by atoms with E-state index in [0.717, 1.165) is 27.4 Å². The van der Waals surface area contributed by atoms with Crippen LogP contribution in [0.1, 0.15) is 53.5 Å². The fraction of sp³-hybridized carbons (Fsp3) is 0.280. The number of amides is 2. The van der Waals surface area contributed by atoms with Gasteiger partial charge in [-0.1, -0.05) is 43.3 Å². The van der Waals surface area contributed by atoms with Crippen LogP contribution in [-0.4, -0.2) is 17.9 Å². The number of para-hydroxylation sites is 2. The lowest BCUT2D eigenvalue weighted by molar-refractivity contribution is -0.118. The van der Waals surface area contributed by atoms with E-state index in [2.05, 4.69) is 6.92 Å². The zero-order valence-corrected chi connectivity index (χ0v) is 18.4. The Morgan fingerprint density at radius 1 is 1.07 bits per heavy atom. The Kier molecular flexibility index (Phi) is 5.73. The highest BCUT2D eigenvalue weighted by Crippen LogP contribution is 2.43. The molecule has 0 bridgehead atoms. The van der Waals surface area contributed by atoms with Crippen LogP contribution >= 0.6 is 11.3 Å². The van der Waals surface area contributed by atoms with Crippen LogP contribution in [0, 0.1) is 6.92 Å². The van der Waals surface area contributed by atoms with Gasteiger partial charge in [-0.15, -0.1) is 11.3 Å². The molecule has 3 aromatic rings. The van der Waals surface area contributed by atoms with Gasteiger partial charge in [-0.25, -0.2) is 0 Å². The van der Waals surface area contributed by atoms with E-state index in [0.29, 0.717) is 12.8 Å². The van der Waals surface area contributed by atoms with Crippen LogP contribution in [0.4, 0.5) is 11.4 Å². The number of thiophene rings is 1. The summed E-state index contributed by atoms with van der Waals surface area (Å²) in [4.78, 5) is 31.3. The predicted molar refractivity (Wildman–Crippen MR) is 123 cm³/mol. The van der Waals surface area contributed by atoms with Gasteiger partial charge in [-0.3, -0.25) is 9.59 Å². The van der Waals surface area contributed by atoms with Gasteiger partial charge in [0.1, 0.15) is 0 Å². The second-order valence-electron chi connectivity index (χ2n) is 7.68. The third kappa shape index (κ3) is 3.54. The first kappa shape index (κ1) is 20.4. The molecule has 2 amide bonds. The van der Waals surface area contributed by atoms with Gasteiger partial charge in [0.25, 0.3) is 5.91 Å². The maximum atomic E-state index is 13.4. The molecule has 0 saturated carbocycles. The molecule has 5 heteroatoms. The molecule has 2 heterocycles. The summed E-state index contributed by atoms with van der Waals surface area (Å²) in [5.74, 6) is 0.113. The number of fused-ring (bicyclic) bond motifs is 1. The summed E-state index contributed by atoms with van der Waals surface area (Å²) < 4.78 is 0. The number of anilines is 2. The molecule has 0 spiro atoms. The molecule has 4 nitrogen and oxygen atoms in total. The summed E-state index contributed by atoms with van der Waals surface area (Å²) in [6, 6.07) is 19.6. The Morgan fingerprint density at radius 3 is 2.43 bits per heavy atom. The average molecular weight is 419 g/mol. The Labute approximate surface area is 181 Å². The first-order valence-corrected chi connectivity index (χ1v) is 11.2. The number of aryl methyl sites for hydroxylation is 1. The van der Waals surface area contributed by atoms with Crippen molar-refractivity contribution in [2.24, 2.45) is 0 Å². The zero-order valence-electron chi connectivity index (χ0n) is 17.5. The predicted octanol–water partition coefficient (Wildman–Crippen LogP) is 5.98. The summed E-state index contributed by atoms with van der Waals surface area (Å²) in [6.07, 6.45) is 1.12. The van der Waals surface area contributed by atoms with Gasteiger partial charge in [-0.2, -0.15) is 0 Å². The van der Waals surface area contributed by atoms with Gasteiger partial charge < -0.3 is 9.80 Å². The number of rotatable bonds is 4. The zero-order chi connectivity index (χ0) is 21.3. The van der Waals surface area contributed by atoms with E-state index in [-0.39, 0.29) is 23.9 Å². The molecule has 2 aromatic carbocycles. The molecule has 0 fully saturated rings. The lowest BCUT2D eigenvalue weighted by Gasteiger charge is -2.43. The van der Waals surface area contributed by atoms with E-state index in [1.165, 1.54) is 0 Å². The topological polar surface area (TPSA) is 40.6 Å². The van der Waals surface area contributed by atoms with Crippen molar-refractivity contribution in [2.45, 2.75) is 45.7 Å². The summed E-state index contributed by atoms with van der Waals surface area (Å²) in [5, 5.41) is 1.96. The van der Waals surface area contributed by atoms with Crippen LogP contribution in [0.15, 0.2) is 66.0 Å². The molecule has 0 radical (unpaired) electrons. The Morgan fingerprint density at radius 2 is 1.77 bits per heavy atom. The molecule has 154 valence electrons. The molecular weight excluding hydrogens is 392 g/mol. The van der Waals surface area contributed by atoms with E-state index in [1.54, 1.807) is 11.3 Å². The third-order valence-corrected chi connectivity index (χ3v) is 6.63. The van der Waals surface area contributed by atoms with Crippen molar-refractivity contribution in [3.63, 3.8) is 0 Å². The van der Waals surface area contributed by atoms with Crippen molar-refractivity contribution >= 4 is 34.5 Å². The van der Waals surface area contributed by atoms with Crippen LogP contribution in [-0.2, 0) is 4.79 Å². The minimum Gasteiger partial charge on any atom is -0.305 e. The van der Waals surface area contributed by atoms with Gasteiger partial charge in [0.05, 0.1) is 11.6 Å². The number of hydrogen-bond donors (Lipinski definition) is 0. The van der Waals surface area contributed by atoms with Crippen molar-refractivity contribution in [3.05, 3.63) is 82.0 Å². The first-order chi connectivity index (χ1) is 14.5. The molecule has 2 unspecified atom stereocenters. The number of benzene rings is 2. The number of carbonyl (C=O) groups excluding carboxylic acids is 2. The van der Waals surface area contributed by atoms with Gasteiger partial charge in [0.15, 0.2) is 0 Å². The lowest BCUT2D eigenvalue weighted by Crippen LogP contribution is -2.47. The normalized spacial score (nSPS) is 18.0. The molecule has 30 heavy (non-hydrogen) atoms. The maximum Gasteiger partial charge on any atom is 0.259 e. The quantitative estimate of drug-likeness (QED) is 0.523. The smallest absolute Gasteiger partial charge is 0.259 e. The van der Waals surface area contributed by atoms with Crippen LogP contribution in [0.3, 0.4) is 0 Å². The van der Waals surface area contributed by atoms with Gasteiger partial charge in [-0.05, 0) is 55.5 Å². The highest BCUT2D eigenvalue weighted by Gasteiger charge is 2.38. The second kappa shape index (κ2) is 8.44. The highest BCUT2D eigenvalue weighted by molar-refractivity contribution is 7.10. The largest absolute Gasteiger partial charge is 0.305 e. The fourth-order valence-corrected chi connectivity index (χ4v) is 5.02. The lowest BCUT2D eigenvalue weighted by atomic mass is 9.89. The Bertz CT molecular complexity index is 1060. The Balaban J connectivity index is 1.80. The van der Waals surface area contributed by atoms with Crippen molar-refractivity contribution in [1.82, 2.24) is 0 Å². The van der Waals surface area contributed by atoms with E-state index in [1.807, 2.05) is 89.7 Å². The Hall–Kier alpha value is -2.92. The summed E-state index contributed by atoms with van der Waals surface area (Å²) in [5.41, 5.74) is 3.55. The fourth-order valence-electron chi connectivity index (χ4n) is 4.33. The molecule has 0 aliphatic carbocycles. The van der Waals surface area contributed by atoms with Crippen molar-refractivity contribution in [3.8, 4) is 0 Å². The number of hydrogen-bond acceptors (Lipinski definition) is 3. The van der Waals surface area contributed by atoms with Crippen LogP contribution in [0.2, 0.25) is 0 Å². The molecule has 1 aliphatic rings. The first-order valence-electron chi connectivity index (χ1n) is 10.4. The number of nitrogens with zero attached hydrogens (tertiary/aromatic N) is 2. The van der Waals surface area contributed by atoms with Crippen LogP contribution in [0.5, 0.6) is 0 Å². The van der Waals surface area contributed by atoms with Gasteiger partial charge in [0, 0.05) is 28.7 Å². The molecule has 1 aromatic heterocycles. The van der Waals surface area contributed by atoms with E-state index < -0.39 is 0 Å². The van der Waals surface area contributed by atoms with Crippen LogP contribution < -0.4 is 9.80 Å². The monoisotopic (exact) mass is 418 g/mol. The highest BCUT2D eigenvalue weighted by atomic mass is 32.1. The van der Waals surface area contributed by atoms with E-state index in [4.69, 9.17) is 0 Å². The maximum absolute atomic E-state index is 13.4. The number of carbonyl (C=O) groups is 2. The molecular formula is C25H26N2O2S. The summed E-state index contributed by atoms with van der Waals surface area (Å²) in [7, 11) is 0. The third-order valence-electron chi connectivity index (χ3n) is 5.79. The van der Waals surface area contributed by atoms with Crippen molar-refractivity contribution < 1.29 is 9.59 Å². The standard InChI is InChI=1S/C25H26N2O2S/c1-4-24(28)27(19-10-6-5-7-11-19)23-16-17(2)26(22-13-9-8-12-21(22)23)25(29)20-14-15-30-18(20)3/h5-15,17,23H,4,16H2,1-3H3. The molecule has 1 aliphatic heterocycles. The summed E-state index contributed by atoms with van der Waals surface area (Å²) >= 11 is 1.59. The molecule has 0 N–H and O–H groups in total. The summed E-state index contributed by atoms with van der Waals surface area (Å²) in [6.45, 7) is 5.95. The van der Waals surface area contributed by atoms with Crippen LogP contribution in [0.25, 0.3) is 0 Å². The van der Waals surface area contributed by atoms with Crippen molar-refractivity contribution in [2.75, 3.05) is 9.80 Å².